The summed E-state index contributed by atoms with van der Waals surface area (Å²) in [5.41, 5.74) is 0.759. The first kappa shape index (κ1) is 17.5. The number of carbonyl (C=O) groups excluding carboxylic acids is 1. The van der Waals surface area contributed by atoms with Gasteiger partial charge in [-0.3, -0.25) is 4.79 Å². The number of amides is 1. The number of carbonyl (C=O) groups is 1. The third-order valence-electron chi connectivity index (χ3n) is 3.92. The molecule has 1 amide bonds. The first-order valence-corrected chi connectivity index (χ1v) is 8.19. The number of likely N-dealkylation sites (N-methyl/N-ethyl adjacent to an activating group) is 1. The SMILES string of the molecule is CCN(Cc1cccc(F)c1)C(=O)Cn1nnn(-c2ccccc2)c1=O. The monoisotopic (exact) mass is 355 g/mol. The highest BCUT2D eigenvalue weighted by molar-refractivity contribution is 5.75. The second-order valence-corrected chi connectivity index (χ2v) is 5.70. The van der Waals surface area contributed by atoms with Gasteiger partial charge in [0.15, 0.2) is 0 Å². The first-order valence-electron chi connectivity index (χ1n) is 8.19. The van der Waals surface area contributed by atoms with E-state index in [0.717, 1.165) is 9.36 Å². The van der Waals surface area contributed by atoms with Crippen LogP contribution in [0.2, 0.25) is 0 Å². The minimum Gasteiger partial charge on any atom is -0.337 e. The van der Waals surface area contributed by atoms with E-state index in [-0.39, 0.29) is 24.8 Å². The molecular formula is C18H18FN5O2. The van der Waals surface area contributed by atoms with Crippen molar-refractivity contribution in [3.05, 3.63) is 76.5 Å². The highest BCUT2D eigenvalue weighted by Crippen LogP contribution is 2.08. The Bertz CT molecular complexity index is 951. The predicted octanol–water partition coefficient (Wildman–Crippen LogP) is 1.62. The molecule has 8 heteroatoms. The van der Waals surface area contributed by atoms with Crippen molar-refractivity contribution in [2.45, 2.75) is 20.0 Å². The third-order valence-corrected chi connectivity index (χ3v) is 3.92. The van der Waals surface area contributed by atoms with Gasteiger partial charge in [0.25, 0.3) is 0 Å². The van der Waals surface area contributed by atoms with E-state index in [4.69, 9.17) is 0 Å². The Balaban J connectivity index is 1.74. The molecule has 0 fully saturated rings. The van der Waals surface area contributed by atoms with Crippen LogP contribution < -0.4 is 5.69 Å². The second kappa shape index (κ2) is 7.73. The third kappa shape index (κ3) is 3.85. The van der Waals surface area contributed by atoms with E-state index in [9.17, 15) is 14.0 Å². The largest absolute Gasteiger partial charge is 0.368 e. The fourth-order valence-electron chi connectivity index (χ4n) is 2.56. The van der Waals surface area contributed by atoms with Crippen LogP contribution in [0.1, 0.15) is 12.5 Å². The lowest BCUT2D eigenvalue weighted by molar-refractivity contribution is -0.132. The molecule has 0 aliphatic rings. The summed E-state index contributed by atoms with van der Waals surface area (Å²) in [5.74, 6) is -0.646. The molecule has 0 saturated heterocycles. The molecule has 2 aromatic carbocycles. The van der Waals surface area contributed by atoms with Crippen LogP contribution >= 0.6 is 0 Å². The van der Waals surface area contributed by atoms with Crippen LogP contribution in [-0.2, 0) is 17.9 Å². The van der Waals surface area contributed by atoms with Gasteiger partial charge in [0.2, 0.25) is 5.91 Å². The summed E-state index contributed by atoms with van der Waals surface area (Å²) in [6, 6.07) is 14.9. The second-order valence-electron chi connectivity index (χ2n) is 5.70. The number of tetrazole rings is 1. The van der Waals surface area contributed by atoms with E-state index < -0.39 is 5.69 Å². The number of nitrogens with zero attached hydrogens (tertiary/aromatic N) is 5. The summed E-state index contributed by atoms with van der Waals surface area (Å²) in [6.07, 6.45) is 0. The number of halogens is 1. The van der Waals surface area contributed by atoms with Gasteiger partial charge in [-0.05, 0) is 47.2 Å². The van der Waals surface area contributed by atoms with Crippen molar-refractivity contribution in [1.29, 1.82) is 0 Å². The molecule has 0 spiro atoms. The number of rotatable bonds is 6. The van der Waals surface area contributed by atoms with E-state index in [1.54, 1.807) is 36.4 Å². The lowest BCUT2D eigenvalue weighted by atomic mass is 10.2. The topological polar surface area (TPSA) is 73.0 Å². The average molecular weight is 355 g/mol. The zero-order chi connectivity index (χ0) is 18.5. The highest BCUT2D eigenvalue weighted by atomic mass is 19.1. The van der Waals surface area contributed by atoms with E-state index in [2.05, 4.69) is 10.4 Å². The van der Waals surface area contributed by atoms with Gasteiger partial charge in [0.1, 0.15) is 12.4 Å². The van der Waals surface area contributed by atoms with Crippen LogP contribution in [-0.4, -0.2) is 37.1 Å². The minimum atomic E-state index is -0.494. The summed E-state index contributed by atoms with van der Waals surface area (Å²) in [7, 11) is 0. The van der Waals surface area contributed by atoms with E-state index in [0.29, 0.717) is 17.8 Å². The predicted molar refractivity (Wildman–Crippen MR) is 93.1 cm³/mol. The minimum absolute atomic E-state index is 0.227. The summed E-state index contributed by atoms with van der Waals surface area (Å²) >= 11 is 0. The molecule has 0 saturated carbocycles. The molecule has 0 aliphatic carbocycles. The van der Waals surface area contributed by atoms with E-state index in [1.807, 2.05) is 13.0 Å². The number of hydrogen-bond donors (Lipinski definition) is 0. The van der Waals surface area contributed by atoms with Gasteiger partial charge in [-0.15, -0.1) is 0 Å². The molecular weight excluding hydrogens is 337 g/mol. The lowest BCUT2D eigenvalue weighted by Crippen LogP contribution is -2.36. The smallest absolute Gasteiger partial charge is 0.337 e. The quantitative estimate of drug-likeness (QED) is 0.673. The number of aromatic nitrogens is 4. The maximum absolute atomic E-state index is 13.3. The summed E-state index contributed by atoms with van der Waals surface area (Å²) in [5, 5.41) is 7.60. The van der Waals surface area contributed by atoms with Crippen molar-refractivity contribution in [1.82, 2.24) is 24.7 Å². The Morgan fingerprint density at radius 3 is 2.58 bits per heavy atom. The van der Waals surface area contributed by atoms with Crippen LogP contribution in [0.3, 0.4) is 0 Å². The van der Waals surface area contributed by atoms with Gasteiger partial charge in [-0.1, -0.05) is 30.3 Å². The Kier molecular flexibility index (Phi) is 5.21. The maximum Gasteiger partial charge on any atom is 0.368 e. The van der Waals surface area contributed by atoms with Crippen LogP contribution in [0.5, 0.6) is 0 Å². The average Bonchev–Trinajstić information content (AvgIpc) is 3.01. The molecule has 0 aliphatic heterocycles. The Morgan fingerprint density at radius 1 is 1.12 bits per heavy atom. The van der Waals surface area contributed by atoms with E-state index in [1.165, 1.54) is 17.0 Å². The van der Waals surface area contributed by atoms with Crippen molar-refractivity contribution in [3.63, 3.8) is 0 Å². The summed E-state index contributed by atoms with van der Waals surface area (Å²) < 4.78 is 15.5. The standard InChI is InChI=1S/C18H18FN5O2/c1-2-22(12-14-7-6-8-15(19)11-14)17(25)13-23-18(26)24(21-20-23)16-9-4-3-5-10-16/h3-11H,2,12-13H2,1H3. The molecule has 0 atom stereocenters. The zero-order valence-corrected chi connectivity index (χ0v) is 14.2. The van der Waals surface area contributed by atoms with Crippen molar-refractivity contribution in [2.24, 2.45) is 0 Å². The van der Waals surface area contributed by atoms with Crippen molar-refractivity contribution < 1.29 is 9.18 Å². The van der Waals surface area contributed by atoms with Crippen LogP contribution in [0.15, 0.2) is 59.4 Å². The van der Waals surface area contributed by atoms with Crippen LogP contribution in [0, 0.1) is 5.82 Å². The van der Waals surface area contributed by atoms with Crippen molar-refractivity contribution in [2.75, 3.05) is 6.54 Å². The fraction of sp³-hybridized carbons (Fsp3) is 0.222. The number of benzene rings is 2. The summed E-state index contributed by atoms with van der Waals surface area (Å²) in [6.45, 7) is 2.28. The van der Waals surface area contributed by atoms with Crippen molar-refractivity contribution >= 4 is 5.91 Å². The van der Waals surface area contributed by atoms with Gasteiger partial charge >= 0.3 is 5.69 Å². The van der Waals surface area contributed by atoms with Gasteiger partial charge in [0, 0.05) is 13.1 Å². The van der Waals surface area contributed by atoms with Crippen molar-refractivity contribution in [3.8, 4) is 5.69 Å². The Labute approximate surface area is 149 Å². The molecule has 26 heavy (non-hydrogen) atoms. The molecule has 7 nitrogen and oxygen atoms in total. The molecule has 0 bridgehead atoms. The van der Waals surface area contributed by atoms with E-state index >= 15 is 0 Å². The highest BCUT2D eigenvalue weighted by Gasteiger charge is 2.17. The maximum atomic E-state index is 13.3. The van der Waals surface area contributed by atoms with Crippen LogP contribution in [0.4, 0.5) is 4.39 Å². The molecule has 3 rings (SSSR count). The van der Waals surface area contributed by atoms with Crippen LogP contribution in [0.25, 0.3) is 5.69 Å². The molecule has 1 aromatic heterocycles. The number of para-hydroxylation sites is 1. The fourth-order valence-corrected chi connectivity index (χ4v) is 2.56. The van der Waals surface area contributed by atoms with Gasteiger partial charge in [0.05, 0.1) is 5.69 Å². The Morgan fingerprint density at radius 2 is 1.88 bits per heavy atom. The molecule has 0 unspecified atom stereocenters. The normalized spacial score (nSPS) is 10.7. The van der Waals surface area contributed by atoms with Gasteiger partial charge in [-0.25, -0.2) is 9.18 Å². The zero-order valence-electron chi connectivity index (χ0n) is 14.2. The first-order chi connectivity index (χ1) is 12.6. The summed E-state index contributed by atoms with van der Waals surface area (Å²) in [4.78, 5) is 26.5. The van der Waals surface area contributed by atoms with Gasteiger partial charge in [-0.2, -0.15) is 9.36 Å². The van der Waals surface area contributed by atoms with Gasteiger partial charge < -0.3 is 4.90 Å². The molecule has 1 heterocycles. The molecule has 134 valence electrons. The molecule has 0 N–H and O–H groups in total. The number of hydrogen-bond acceptors (Lipinski definition) is 4. The molecule has 0 radical (unpaired) electrons. The Hall–Kier alpha value is -3.29. The lowest BCUT2D eigenvalue weighted by Gasteiger charge is -2.20. The molecule has 3 aromatic rings.